The van der Waals surface area contributed by atoms with Gasteiger partial charge in [-0.15, -0.1) is 0 Å². The van der Waals surface area contributed by atoms with Crippen LogP contribution in [0.3, 0.4) is 0 Å². The number of amides is 1. The first-order valence-electron chi connectivity index (χ1n) is 10.1. The highest BCUT2D eigenvalue weighted by molar-refractivity contribution is 7.90. The average molecular weight is 397 g/mol. The van der Waals surface area contributed by atoms with E-state index in [2.05, 4.69) is 21.2 Å². The number of carbonyl (C=O) groups excluding carboxylic acids is 1. The summed E-state index contributed by atoms with van der Waals surface area (Å²) in [5, 5.41) is 1.72. The van der Waals surface area contributed by atoms with E-state index in [1.807, 2.05) is 25.9 Å². The second-order valence-electron chi connectivity index (χ2n) is 9.29. The topological polar surface area (TPSA) is 81.8 Å². The molecule has 152 valence electrons. The van der Waals surface area contributed by atoms with Gasteiger partial charge in [0.1, 0.15) is 0 Å². The third-order valence-corrected chi connectivity index (χ3v) is 8.92. The van der Waals surface area contributed by atoms with Crippen molar-refractivity contribution in [3.05, 3.63) is 11.6 Å². The number of hydrogen-bond acceptors (Lipinski definition) is 5. The Morgan fingerprint density at radius 3 is 2.67 bits per heavy atom. The maximum absolute atomic E-state index is 12.8. The summed E-state index contributed by atoms with van der Waals surface area (Å²) in [6, 6.07) is 0.133. The highest BCUT2D eigenvalue weighted by Gasteiger charge is 2.46. The van der Waals surface area contributed by atoms with Crippen molar-refractivity contribution in [2.45, 2.75) is 62.3 Å². The third kappa shape index (κ3) is 3.95. The molecule has 4 rings (SSSR count). The lowest BCUT2D eigenvalue weighted by atomic mass is 9.78. The van der Waals surface area contributed by atoms with Crippen molar-refractivity contribution in [2.75, 3.05) is 27.2 Å². The Kier molecular flexibility index (Phi) is 4.90. The largest absolute Gasteiger partial charge is 0.338 e. The first kappa shape index (κ1) is 19.4. The molecule has 3 fully saturated rings. The van der Waals surface area contributed by atoms with Gasteiger partial charge in [-0.2, -0.15) is 0 Å². The van der Waals surface area contributed by atoms with Crippen molar-refractivity contribution in [3.63, 3.8) is 0 Å². The van der Waals surface area contributed by atoms with E-state index >= 15 is 0 Å². The molecule has 4 unspecified atom stereocenters. The van der Waals surface area contributed by atoms with Crippen LogP contribution < -0.4 is 10.1 Å². The molecular weight excluding hydrogens is 364 g/mol. The fourth-order valence-electron chi connectivity index (χ4n) is 4.92. The molecule has 7 nitrogen and oxygen atoms in total. The van der Waals surface area contributed by atoms with Crippen LogP contribution >= 0.6 is 0 Å². The van der Waals surface area contributed by atoms with Gasteiger partial charge in [-0.1, -0.05) is 6.08 Å². The number of likely N-dealkylation sites (N-methyl/N-ethyl adjacent to an activating group) is 1. The molecule has 2 saturated carbocycles. The minimum Gasteiger partial charge on any atom is -0.338 e. The maximum Gasteiger partial charge on any atom is 0.249 e. The average Bonchev–Trinajstić information content (AvgIpc) is 3.17. The van der Waals surface area contributed by atoms with E-state index in [9.17, 15) is 13.2 Å². The van der Waals surface area contributed by atoms with E-state index in [4.69, 9.17) is 0 Å². The summed E-state index contributed by atoms with van der Waals surface area (Å²) in [7, 11) is 0.590. The van der Waals surface area contributed by atoms with E-state index in [1.54, 1.807) is 0 Å². The molecule has 0 aromatic heterocycles. The second-order valence-corrected chi connectivity index (χ2v) is 11.3. The van der Waals surface area contributed by atoms with Crippen LogP contribution in [0.5, 0.6) is 0 Å². The Hall–Kier alpha value is -0.960. The lowest BCUT2D eigenvalue weighted by molar-refractivity contribution is -0.130. The molecule has 4 aliphatic rings. The van der Waals surface area contributed by atoms with E-state index < -0.39 is 10.0 Å². The summed E-state index contributed by atoms with van der Waals surface area (Å²) in [6.07, 6.45) is 6.72. The van der Waals surface area contributed by atoms with Gasteiger partial charge in [-0.3, -0.25) is 10.2 Å². The van der Waals surface area contributed by atoms with Gasteiger partial charge in [0.25, 0.3) is 0 Å². The van der Waals surface area contributed by atoms with Gasteiger partial charge in [0.2, 0.25) is 15.9 Å². The van der Waals surface area contributed by atoms with Crippen LogP contribution in [0.1, 0.15) is 45.4 Å². The van der Waals surface area contributed by atoms with Gasteiger partial charge < -0.3 is 4.90 Å². The molecule has 0 radical (unpaired) electrons. The Bertz CT molecular complexity index is 746. The molecule has 1 amide bonds. The van der Waals surface area contributed by atoms with Gasteiger partial charge in [-0.25, -0.2) is 18.1 Å². The zero-order valence-corrected chi connectivity index (χ0v) is 17.4. The molecule has 2 aliphatic heterocycles. The van der Waals surface area contributed by atoms with Crippen LogP contribution in [0.25, 0.3) is 0 Å². The molecule has 2 N–H and O–H groups in total. The van der Waals surface area contributed by atoms with Crippen LogP contribution in [-0.4, -0.2) is 68.2 Å². The quantitative estimate of drug-likeness (QED) is 0.720. The molecule has 0 aromatic carbocycles. The van der Waals surface area contributed by atoms with Gasteiger partial charge >= 0.3 is 0 Å². The molecule has 27 heavy (non-hydrogen) atoms. The summed E-state index contributed by atoms with van der Waals surface area (Å²) >= 11 is 0. The highest BCUT2D eigenvalue weighted by atomic mass is 32.2. The third-order valence-electron chi connectivity index (χ3n) is 6.84. The zero-order valence-electron chi connectivity index (χ0n) is 16.6. The fourth-order valence-corrected chi connectivity index (χ4v) is 6.90. The summed E-state index contributed by atoms with van der Waals surface area (Å²) in [6.45, 7) is 3.80. The zero-order chi connectivity index (χ0) is 19.4. The fraction of sp³-hybridized carbons (Fsp3) is 0.842. The Balaban J connectivity index is 1.49. The normalized spacial score (nSPS) is 36.5. The van der Waals surface area contributed by atoms with Crippen molar-refractivity contribution in [2.24, 2.45) is 11.8 Å². The van der Waals surface area contributed by atoms with Crippen LogP contribution in [0, 0.1) is 11.8 Å². The Morgan fingerprint density at radius 2 is 2.04 bits per heavy atom. The SMILES string of the molecule is CN1CC(CC2=CC3CC(S(=O)(=O)NC4(C)CC4)CCC3N(C)C2=O)CN1. The number of nitrogens with zero attached hydrogens (tertiary/aromatic N) is 2. The minimum absolute atomic E-state index is 0.121. The Morgan fingerprint density at radius 1 is 1.30 bits per heavy atom. The van der Waals surface area contributed by atoms with Crippen LogP contribution in [0.15, 0.2) is 11.6 Å². The first-order valence-corrected chi connectivity index (χ1v) is 11.7. The maximum atomic E-state index is 12.8. The van der Waals surface area contributed by atoms with Gasteiger partial charge in [-0.05, 0) is 57.3 Å². The number of carbonyl (C=O) groups is 1. The summed E-state index contributed by atoms with van der Waals surface area (Å²) < 4.78 is 28.6. The van der Waals surface area contributed by atoms with Gasteiger partial charge in [0.05, 0.1) is 5.25 Å². The van der Waals surface area contributed by atoms with Crippen molar-refractivity contribution >= 4 is 15.9 Å². The molecule has 1 saturated heterocycles. The molecular formula is C19H32N4O3S. The summed E-state index contributed by atoms with van der Waals surface area (Å²) in [5.41, 5.74) is 3.93. The summed E-state index contributed by atoms with van der Waals surface area (Å²) in [5.74, 6) is 0.683. The first-order chi connectivity index (χ1) is 12.7. The number of hydrazine groups is 1. The highest BCUT2D eigenvalue weighted by Crippen LogP contribution is 2.40. The number of fused-ring (bicyclic) bond motifs is 1. The number of nitrogens with one attached hydrogen (secondary N) is 2. The lowest BCUT2D eigenvalue weighted by Gasteiger charge is -2.43. The second kappa shape index (κ2) is 6.83. The predicted octanol–water partition coefficient (Wildman–Crippen LogP) is 0.850. The lowest BCUT2D eigenvalue weighted by Crippen LogP contribution is -2.52. The van der Waals surface area contributed by atoms with E-state index in [0.29, 0.717) is 18.8 Å². The Labute approximate surface area is 162 Å². The van der Waals surface area contributed by atoms with Crippen LogP contribution in [0.4, 0.5) is 0 Å². The van der Waals surface area contributed by atoms with Crippen LogP contribution in [0.2, 0.25) is 0 Å². The van der Waals surface area contributed by atoms with Crippen molar-refractivity contribution in [1.82, 2.24) is 20.1 Å². The molecule has 4 atom stereocenters. The van der Waals surface area contributed by atoms with Crippen molar-refractivity contribution in [3.8, 4) is 0 Å². The van der Waals surface area contributed by atoms with E-state index in [1.165, 1.54) is 0 Å². The molecule has 0 spiro atoms. The molecule has 0 aromatic rings. The van der Waals surface area contributed by atoms with Crippen molar-refractivity contribution in [1.29, 1.82) is 0 Å². The molecule has 2 heterocycles. The number of rotatable bonds is 5. The van der Waals surface area contributed by atoms with Crippen LogP contribution in [-0.2, 0) is 14.8 Å². The molecule has 8 heteroatoms. The summed E-state index contributed by atoms with van der Waals surface area (Å²) in [4.78, 5) is 14.7. The van der Waals surface area contributed by atoms with E-state index in [0.717, 1.165) is 44.3 Å². The van der Waals surface area contributed by atoms with Gasteiger partial charge in [0.15, 0.2) is 0 Å². The predicted molar refractivity (Wildman–Crippen MR) is 104 cm³/mol. The number of hydrogen-bond donors (Lipinski definition) is 2. The molecule has 2 aliphatic carbocycles. The van der Waals surface area contributed by atoms with Crippen molar-refractivity contribution < 1.29 is 13.2 Å². The minimum atomic E-state index is -3.31. The standard InChI is InChI=1S/C19H32N4O3S/c1-19(6-7-19)21-27(25,26)16-4-5-17-14(10-16)9-15(18(24)23(17)3)8-13-11-20-22(2)12-13/h9,13-14,16-17,20-21H,4-8,10-12H2,1-3H3. The molecule has 0 bridgehead atoms. The van der Waals surface area contributed by atoms with E-state index in [-0.39, 0.29) is 28.7 Å². The monoisotopic (exact) mass is 396 g/mol. The smallest absolute Gasteiger partial charge is 0.249 e. The number of sulfonamides is 1. The van der Waals surface area contributed by atoms with Gasteiger partial charge in [0, 0.05) is 44.3 Å².